The van der Waals surface area contributed by atoms with E-state index in [2.05, 4.69) is 9.55 Å². The standard InChI is InChI=1S/C20H28N4O2/c1-13(2)18(21)19(25)24-14-5-6-15(24)11-20(26,10-14)12-23-9-7-16-17(23)4-3-8-22-16/h3-4,7-9,13-15,18,26H,5-6,10-12,21H2,1-2H3/t14-,15-,18+/m0/s1. The molecule has 4 heterocycles. The van der Waals surface area contributed by atoms with Crippen LogP contribution in [0.25, 0.3) is 11.0 Å². The molecule has 2 aromatic rings. The molecular formula is C20H28N4O2. The summed E-state index contributed by atoms with van der Waals surface area (Å²) in [5.41, 5.74) is 7.29. The Morgan fingerprint density at radius 2 is 2.04 bits per heavy atom. The summed E-state index contributed by atoms with van der Waals surface area (Å²) in [5, 5.41) is 11.3. The monoisotopic (exact) mass is 356 g/mol. The smallest absolute Gasteiger partial charge is 0.240 e. The summed E-state index contributed by atoms with van der Waals surface area (Å²) < 4.78 is 2.08. The first-order valence-corrected chi connectivity index (χ1v) is 9.58. The molecule has 0 radical (unpaired) electrons. The van der Waals surface area contributed by atoms with Crippen LogP contribution in [-0.4, -0.2) is 49.2 Å². The Morgan fingerprint density at radius 1 is 1.35 bits per heavy atom. The Hall–Kier alpha value is -1.92. The van der Waals surface area contributed by atoms with Gasteiger partial charge in [0.1, 0.15) is 0 Å². The molecule has 0 aliphatic carbocycles. The molecule has 1 amide bonds. The van der Waals surface area contributed by atoms with Gasteiger partial charge in [-0.3, -0.25) is 9.78 Å². The van der Waals surface area contributed by atoms with E-state index in [-0.39, 0.29) is 23.9 Å². The normalized spacial score (nSPS) is 29.5. The van der Waals surface area contributed by atoms with Crippen LogP contribution in [-0.2, 0) is 11.3 Å². The number of piperidine rings is 1. The molecule has 2 aromatic heterocycles. The first-order chi connectivity index (χ1) is 12.4. The van der Waals surface area contributed by atoms with Crippen molar-refractivity contribution in [2.75, 3.05) is 0 Å². The van der Waals surface area contributed by atoms with Crippen LogP contribution in [0.5, 0.6) is 0 Å². The second-order valence-electron chi connectivity index (χ2n) is 8.38. The number of nitrogens with zero attached hydrogens (tertiary/aromatic N) is 3. The van der Waals surface area contributed by atoms with Crippen molar-refractivity contribution in [1.82, 2.24) is 14.5 Å². The Balaban J connectivity index is 1.53. The van der Waals surface area contributed by atoms with Gasteiger partial charge < -0.3 is 20.3 Å². The second-order valence-corrected chi connectivity index (χ2v) is 8.38. The summed E-state index contributed by atoms with van der Waals surface area (Å²) >= 11 is 0. The maximum absolute atomic E-state index is 12.8. The van der Waals surface area contributed by atoms with Crippen molar-refractivity contribution in [3.63, 3.8) is 0 Å². The molecule has 2 aliphatic heterocycles. The van der Waals surface area contributed by atoms with E-state index in [1.807, 2.05) is 43.1 Å². The van der Waals surface area contributed by atoms with Gasteiger partial charge in [0.15, 0.2) is 0 Å². The van der Waals surface area contributed by atoms with E-state index in [9.17, 15) is 9.90 Å². The minimum absolute atomic E-state index is 0.0464. The highest BCUT2D eigenvalue weighted by molar-refractivity contribution is 5.83. The van der Waals surface area contributed by atoms with Crippen LogP contribution in [0.3, 0.4) is 0 Å². The molecule has 2 bridgehead atoms. The fourth-order valence-electron chi connectivity index (χ4n) is 4.74. The molecular weight excluding hydrogens is 328 g/mol. The van der Waals surface area contributed by atoms with Gasteiger partial charge in [0.05, 0.1) is 29.2 Å². The van der Waals surface area contributed by atoms with Crippen LogP contribution in [0.2, 0.25) is 0 Å². The molecule has 2 aliphatic rings. The fourth-order valence-corrected chi connectivity index (χ4v) is 4.74. The molecule has 2 saturated heterocycles. The number of hydrogen-bond acceptors (Lipinski definition) is 4. The number of hydrogen-bond donors (Lipinski definition) is 2. The molecule has 0 aromatic carbocycles. The van der Waals surface area contributed by atoms with Gasteiger partial charge in [0, 0.05) is 24.5 Å². The zero-order valence-corrected chi connectivity index (χ0v) is 15.5. The fraction of sp³-hybridized carbons (Fsp3) is 0.600. The number of nitrogens with two attached hydrogens (primary N) is 1. The summed E-state index contributed by atoms with van der Waals surface area (Å²) in [6, 6.07) is 5.66. The van der Waals surface area contributed by atoms with Gasteiger partial charge in [-0.1, -0.05) is 13.8 Å². The Morgan fingerprint density at radius 3 is 2.69 bits per heavy atom. The third kappa shape index (κ3) is 2.91. The van der Waals surface area contributed by atoms with E-state index in [1.165, 1.54) is 0 Å². The van der Waals surface area contributed by atoms with Crippen LogP contribution < -0.4 is 5.73 Å². The van der Waals surface area contributed by atoms with E-state index in [0.717, 1.165) is 23.9 Å². The third-order valence-corrected chi connectivity index (χ3v) is 6.11. The molecule has 0 spiro atoms. The highest BCUT2D eigenvalue weighted by Crippen LogP contribution is 2.42. The minimum Gasteiger partial charge on any atom is -0.388 e. The summed E-state index contributed by atoms with van der Waals surface area (Å²) in [7, 11) is 0. The molecule has 6 heteroatoms. The lowest BCUT2D eigenvalue weighted by molar-refractivity contribution is -0.144. The molecule has 6 nitrogen and oxygen atoms in total. The number of carbonyl (C=O) groups excluding carboxylic acids is 1. The predicted octanol–water partition coefficient (Wildman–Crippen LogP) is 1.90. The van der Waals surface area contributed by atoms with Crippen LogP contribution in [0.15, 0.2) is 30.6 Å². The number of amides is 1. The second kappa shape index (κ2) is 6.35. The summed E-state index contributed by atoms with van der Waals surface area (Å²) in [4.78, 5) is 19.2. The Labute approximate surface area is 154 Å². The molecule has 26 heavy (non-hydrogen) atoms. The van der Waals surface area contributed by atoms with E-state index in [1.54, 1.807) is 6.20 Å². The van der Waals surface area contributed by atoms with Gasteiger partial charge in [-0.2, -0.15) is 0 Å². The topological polar surface area (TPSA) is 84.4 Å². The highest BCUT2D eigenvalue weighted by Gasteiger charge is 2.50. The molecule has 4 rings (SSSR count). The largest absolute Gasteiger partial charge is 0.388 e. The first kappa shape index (κ1) is 17.5. The van der Waals surface area contributed by atoms with Gasteiger partial charge in [-0.05, 0) is 49.8 Å². The van der Waals surface area contributed by atoms with Crippen molar-refractivity contribution in [3.8, 4) is 0 Å². The molecule has 2 fully saturated rings. The Bertz CT molecular complexity index is 801. The molecule has 140 valence electrons. The summed E-state index contributed by atoms with van der Waals surface area (Å²) in [6.07, 6.45) is 6.91. The van der Waals surface area contributed by atoms with E-state index >= 15 is 0 Å². The minimum atomic E-state index is -0.799. The van der Waals surface area contributed by atoms with E-state index in [4.69, 9.17) is 5.73 Å². The maximum Gasteiger partial charge on any atom is 0.240 e. The number of fused-ring (bicyclic) bond motifs is 3. The maximum atomic E-state index is 12.8. The van der Waals surface area contributed by atoms with Gasteiger partial charge in [0.2, 0.25) is 5.91 Å². The van der Waals surface area contributed by atoms with Crippen molar-refractivity contribution < 1.29 is 9.90 Å². The predicted molar refractivity (Wildman–Crippen MR) is 100 cm³/mol. The zero-order valence-electron chi connectivity index (χ0n) is 15.5. The van der Waals surface area contributed by atoms with Crippen molar-refractivity contribution in [3.05, 3.63) is 30.6 Å². The Kier molecular flexibility index (Phi) is 4.28. The summed E-state index contributed by atoms with van der Waals surface area (Å²) in [5.74, 6) is 0.173. The van der Waals surface area contributed by atoms with E-state index < -0.39 is 11.6 Å². The van der Waals surface area contributed by atoms with Crippen LogP contribution in [0.4, 0.5) is 0 Å². The molecule has 0 saturated carbocycles. The average Bonchev–Trinajstić information content (AvgIpc) is 3.13. The third-order valence-electron chi connectivity index (χ3n) is 6.11. The van der Waals surface area contributed by atoms with Crippen LogP contribution in [0, 0.1) is 5.92 Å². The van der Waals surface area contributed by atoms with Crippen molar-refractivity contribution in [2.24, 2.45) is 11.7 Å². The van der Waals surface area contributed by atoms with Crippen LogP contribution in [0.1, 0.15) is 39.5 Å². The SMILES string of the molecule is CC(C)[C@@H](N)C(=O)N1[C@H]2CC[C@H]1CC(O)(Cn1ccc3ncccc31)C2. The number of rotatable bonds is 4. The molecule has 3 N–H and O–H groups in total. The van der Waals surface area contributed by atoms with Gasteiger partial charge in [-0.25, -0.2) is 0 Å². The lowest BCUT2D eigenvalue weighted by Crippen LogP contribution is -2.58. The van der Waals surface area contributed by atoms with Crippen molar-refractivity contribution in [1.29, 1.82) is 0 Å². The quantitative estimate of drug-likeness (QED) is 0.876. The zero-order chi connectivity index (χ0) is 18.5. The van der Waals surface area contributed by atoms with Crippen molar-refractivity contribution >= 4 is 16.9 Å². The van der Waals surface area contributed by atoms with Gasteiger partial charge >= 0.3 is 0 Å². The number of aromatic nitrogens is 2. The number of aliphatic hydroxyl groups is 1. The number of pyridine rings is 1. The molecule has 3 atom stereocenters. The highest BCUT2D eigenvalue weighted by atomic mass is 16.3. The lowest BCUT2D eigenvalue weighted by atomic mass is 9.85. The number of carbonyl (C=O) groups is 1. The first-order valence-electron chi connectivity index (χ1n) is 9.58. The molecule has 0 unspecified atom stereocenters. The summed E-state index contributed by atoms with van der Waals surface area (Å²) in [6.45, 7) is 4.50. The average molecular weight is 356 g/mol. The van der Waals surface area contributed by atoms with E-state index in [0.29, 0.717) is 19.4 Å². The van der Waals surface area contributed by atoms with Gasteiger partial charge in [-0.15, -0.1) is 0 Å². The van der Waals surface area contributed by atoms with Gasteiger partial charge in [0.25, 0.3) is 0 Å². The van der Waals surface area contributed by atoms with Crippen LogP contribution >= 0.6 is 0 Å². The lowest BCUT2D eigenvalue weighted by Gasteiger charge is -2.45. The van der Waals surface area contributed by atoms with Crippen molar-refractivity contribution in [2.45, 2.75) is 69.8 Å².